The first-order chi connectivity index (χ1) is 9.29. The van der Waals surface area contributed by atoms with Crippen LogP contribution in [-0.2, 0) is 10.0 Å². The third-order valence-corrected chi connectivity index (χ3v) is 4.58. The van der Waals surface area contributed by atoms with Crippen LogP contribution in [0.4, 0.5) is 15.8 Å². The first-order valence-corrected chi connectivity index (χ1v) is 7.91. The molecule has 20 heavy (non-hydrogen) atoms. The predicted octanol–water partition coefficient (Wildman–Crippen LogP) is 3.28. The molecule has 7 heteroatoms. The number of benzene rings is 2. The van der Waals surface area contributed by atoms with Gasteiger partial charge in [-0.25, -0.2) is 12.8 Å². The van der Waals surface area contributed by atoms with Crippen LogP contribution in [0.25, 0.3) is 0 Å². The van der Waals surface area contributed by atoms with Gasteiger partial charge in [-0.15, -0.1) is 0 Å². The number of aryl methyl sites for hydroxylation is 1. The molecule has 0 bridgehead atoms. The number of anilines is 2. The highest BCUT2D eigenvalue weighted by Crippen LogP contribution is 2.32. The van der Waals surface area contributed by atoms with Gasteiger partial charge >= 0.3 is 0 Å². The molecule has 2 aromatic carbocycles. The van der Waals surface area contributed by atoms with E-state index in [-0.39, 0.29) is 16.3 Å². The van der Waals surface area contributed by atoms with Crippen molar-refractivity contribution in [1.82, 2.24) is 0 Å². The van der Waals surface area contributed by atoms with Crippen LogP contribution in [0.15, 0.2) is 45.8 Å². The summed E-state index contributed by atoms with van der Waals surface area (Å²) >= 11 is 3.26. The topological polar surface area (TPSA) is 72.2 Å². The summed E-state index contributed by atoms with van der Waals surface area (Å²) in [6.07, 6.45) is 0. The average Bonchev–Trinajstić information content (AvgIpc) is 2.34. The van der Waals surface area contributed by atoms with E-state index in [2.05, 4.69) is 20.7 Å². The second-order valence-corrected chi connectivity index (χ2v) is 6.81. The Balaban J connectivity index is 2.44. The zero-order valence-electron chi connectivity index (χ0n) is 10.5. The molecule has 0 saturated heterocycles. The van der Waals surface area contributed by atoms with Gasteiger partial charge in [0.05, 0.1) is 16.3 Å². The normalized spacial score (nSPS) is 11.3. The lowest BCUT2D eigenvalue weighted by Crippen LogP contribution is -2.15. The molecule has 0 saturated carbocycles. The Morgan fingerprint density at radius 3 is 2.55 bits per heavy atom. The van der Waals surface area contributed by atoms with Gasteiger partial charge in [0.25, 0.3) is 10.0 Å². The smallest absolute Gasteiger partial charge is 0.262 e. The van der Waals surface area contributed by atoms with E-state index in [0.717, 1.165) is 11.6 Å². The molecule has 2 aromatic rings. The first-order valence-electron chi connectivity index (χ1n) is 5.63. The van der Waals surface area contributed by atoms with E-state index < -0.39 is 15.8 Å². The molecule has 0 aliphatic carbocycles. The van der Waals surface area contributed by atoms with Crippen molar-refractivity contribution in [2.24, 2.45) is 0 Å². The zero-order chi connectivity index (χ0) is 14.9. The van der Waals surface area contributed by atoms with Crippen LogP contribution in [0, 0.1) is 12.7 Å². The molecule has 0 heterocycles. The molecule has 4 nitrogen and oxygen atoms in total. The van der Waals surface area contributed by atoms with Crippen molar-refractivity contribution in [2.45, 2.75) is 11.8 Å². The number of nitrogen functional groups attached to an aromatic ring is 1. The van der Waals surface area contributed by atoms with E-state index in [1.165, 1.54) is 18.2 Å². The van der Waals surface area contributed by atoms with Crippen LogP contribution in [0.2, 0.25) is 0 Å². The number of nitrogens with one attached hydrogen (secondary N) is 1. The second-order valence-electron chi connectivity index (χ2n) is 4.27. The van der Waals surface area contributed by atoms with Crippen molar-refractivity contribution in [1.29, 1.82) is 0 Å². The minimum absolute atomic E-state index is 0.163. The number of hydrogen-bond acceptors (Lipinski definition) is 3. The lowest BCUT2D eigenvalue weighted by atomic mass is 10.2. The molecular formula is C13H12BrFN2O2S. The molecule has 0 unspecified atom stereocenters. The van der Waals surface area contributed by atoms with E-state index in [0.29, 0.717) is 4.47 Å². The van der Waals surface area contributed by atoms with Crippen molar-refractivity contribution in [2.75, 3.05) is 10.5 Å². The quantitative estimate of drug-likeness (QED) is 0.827. The van der Waals surface area contributed by atoms with Gasteiger partial charge in [-0.3, -0.25) is 4.72 Å². The van der Waals surface area contributed by atoms with Gasteiger partial charge in [-0.2, -0.15) is 0 Å². The van der Waals surface area contributed by atoms with Gasteiger partial charge in [-0.05, 0) is 58.7 Å². The summed E-state index contributed by atoms with van der Waals surface area (Å²) in [7, 11) is -3.89. The fourth-order valence-electron chi connectivity index (χ4n) is 1.70. The molecular weight excluding hydrogens is 347 g/mol. The van der Waals surface area contributed by atoms with Crippen molar-refractivity contribution >= 4 is 37.3 Å². The van der Waals surface area contributed by atoms with Gasteiger partial charge in [0.1, 0.15) is 5.82 Å². The molecule has 106 valence electrons. The van der Waals surface area contributed by atoms with Gasteiger partial charge < -0.3 is 5.73 Å². The monoisotopic (exact) mass is 358 g/mol. The molecule has 0 fully saturated rings. The van der Waals surface area contributed by atoms with Crippen LogP contribution < -0.4 is 10.5 Å². The largest absolute Gasteiger partial charge is 0.397 e. The lowest BCUT2D eigenvalue weighted by Gasteiger charge is -2.13. The van der Waals surface area contributed by atoms with E-state index in [9.17, 15) is 12.8 Å². The van der Waals surface area contributed by atoms with Crippen molar-refractivity contribution < 1.29 is 12.8 Å². The third kappa shape index (κ3) is 3.10. The average molecular weight is 359 g/mol. The summed E-state index contributed by atoms with van der Waals surface area (Å²) in [4.78, 5) is -0.163. The number of nitrogens with two attached hydrogens (primary N) is 1. The second kappa shape index (κ2) is 5.41. The Morgan fingerprint density at radius 1 is 1.25 bits per heavy atom. The van der Waals surface area contributed by atoms with E-state index in [1.54, 1.807) is 12.1 Å². The van der Waals surface area contributed by atoms with Crippen molar-refractivity contribution in [3.63, 3.8) is 0 Å². The summed E-state index contributed by atoms with van der Waals surface area (Å²) in [5.41, 5.74) is 7.22. The lowest BCUT2D eigenvalue weighted by molar-refractivity contribution is 0.595. The van der Waals surface area contributed by atoms with Crippen LogP contribution in [0.3, 0.4) is 0 Å². The highest BCUT2D eigenvalue weighted by atomic mass is 79.9. The highest BCUT2D eigenvalue weighted by Gasteiger charge is 2.18. The van der Waals surface area contributed by atoms with Crippen LogP contribution in [0.1, 0.15) is 5.56 Å². The van der Waals surface area contributed by atoms with E-state index in [1.807, 2.05) is 6.92 Å². The molecule has 2 rings (SSSR count). The maximum atomic E-state index is 13.1. The fourth-order valence-corrected chi connectivity index (χ4v) is 3.66. The fraction of sp³-hybridized carbons (Fsp3) is 0.0769. The SMILES string of the molecule is Cc1cc(N)c(NS(=O)(=O)c2cccc(F)c2)c(Br)c1. The molecule has 0 atom stereocenters. The van der Waals surface area contributed by atoms with Gasteiger partial charge in [0.2, 0.25) is 0 Å². The number of halogens is 2. The summed E-state index contributed by atoms with van der Waals surface area (Å²) in [5, 5.41) is 0. The first kappa shape index (κ1) is 14.8. The maximum Gasteiger partial charge on any atom is 0.262 e. The molecule has 0 amide bonds. The van der Waals surface area contributed by atoms with Crippen LogP contribution in [0.5, 0.6) is 0 Å². The van der Waals surface area contributed by atoms with Gasteiger partial charge in [0.15, 0.2) is 0 Å². The van der Waals surface area contributed by atoms with E-state index in [4.69, 9.17) is 5.73 Å². The number of hydrogen-bond donors (Lipinski definition) is 2. The minimum Gasteiger partial charge on any atom is -0.397 e. The Labute approximate surface area is 125 Å². The molecule has 0 aliphatic rings. The summed E-state index contributed by atoms with van der Waals surface area (Å²) in [5.74, 6) is -0.621. The van der Waals surface area contributed by atoms with Crippen LogP contribution in [-0.4, -0.2) is 8.42 Å². The molecule has 0 spiro atoms. The Kier molecular flexibility index (Phi) is 4.01. The Morgan fingerprint density at radius 2 is 1.95 bits per heavy atom. The molecule has 3 N–H and O–H groups in total. The van der Waals surface area contributed by atoms with Gasteiger partial charge in [0, 0.05) is 4.47 Å². The van der Waals surface area contributed by atoms with Crippen molar-refractivity contribution in [3.8, 4) is 0 Å². The highest BCUT2D eigenvalue weighted by molar-refractivity contribution is 9.10. The molecule has 0 radical (unpaired) electrons. The standard InChI is InChI=1S/C13H12BrFN2O2S/c1-8-5-11(14)13(12(16)6-8)17-20(18,19)10-4-2-3-9(15)7-10/h2-7,17H,16H2,1H3. The Bertz CT molecular complexity index is 740. The van der Waals surface area contributed by atoms with Crippen molar-refractivity contribution in [3.05, 3.63) is 52.3 Å². The molecule has 0 aliphatic heterocycles. The van der Waals surface area contributed by atoms with Crippen LogP contribution >= 0.6 is 15.9 Å². The minimum atomic E-state index is -3.89. The molecule has 0 aromatic heterocycles. The Hall–Kier alpha value is -1.60. The third-order valence-electron chi connectivity index (χ3n) is 2.61. The predicted molar refractivity (Wildman–Crippen MR) is 80.5 cm³/mol. The number of sulfonamides is 1. The summed E-state index contributed by atoms with van der Waals surface area (Å²) in [6.45, 7) is 1.84. The summed E-state index contributed by atoms with van der Waals surface area (Å²) < 4.78 is 40.4. The number of rotatable bonds is 3. The zero-order valence-corrected chi connectivity index (χ0v) is 12.9. The summed E-state index contributed by atoms with van der Waals surface area (Å²) in [6, 6.07) is 8.14. The maximum absolute atomic E-state index is 13.1. The van der Waals surface area contributed by atoms with E-state index >= 15 is 0 Å². The van der Waals surface area contributed by atoms with Gasteiger partial charge in [-0.1, -0.05) is 6.07 Å².